The van der Waals surface area contributed by atoms with Gasteiger partial charge in [0.1, 0.15) is 23.4 Å². The van der Waals surface area contributed by atoms with E-state index in [1.807, 2.05) is 24.3 Å². The number of rotatable bonds is 5. The summed E-state index contributed by atoms with van der Waals surface area (Å²) in [6.07, 6.45) is 1.79. The molecule has 144 valence electrons. The van der Waals surface area contributed by atoms with Crippen LogP contribution in [0.3, 0.4) is 0 Å². The molecule has 0 aromatic heterocycles. The van der Waals surface area contributed by atoms with Gasteiger partial charge in [0.15, 0.2) is 0 Å². The van der Waals surface area contributed by atoms with E-state index in [2.05, 4.69) is 5.32 Å². The van der Waals surface area contributed by atoms with Crippen LogP contribution in [0.15, 0.2) is 48.5 Å². The lowest BCUT2D eigenvalue weighted by molar-refractivity contribution is -0.145. The van der Waals surface area contributed by atoms with Gasteiger partial charge in [-0.25, -0.2) is 0 Å². The lowest BCUT2D eigenvalue weighted by Gasteiger charge is -2.23. The Balaban J connectivity index is 1.24. The first kappa shape index (κ1) is 17.1. The van der Waals surface area contributed by atoms with Gasteiger partial charge in [0, 0.05) is 11.6 Å². The van der Waals surface area contributed by atoms with Gasteiger partial charge in [0.2, 0.25) is 5.91 Å². The number of amides is 1. The van der Waals surface area contributed by atoms with Gasteiger partial charge in [0.05, 0.1) is 18.9 Å². The molecule has 1 saturated heterocycles. The van der Waals surface area contributed by atoms with Crippen LogP contribution >= 0.6 is 0 Å². The Kier molecular flexibility index (Phi) is 4.00. The number of nitrogens with one attached hydrogen (secondary N) is 1. The molecule has 2 aromatic carbocycles. The standard InChI is InChI=1S/C22H21NO5/c1-26-14-6-8-16(9-7-14)27-15-4-2-13(3-5-15)23-21(24)19-12-10-17-18(11-12)28-22(25)20(17)19/h2-9,12,17-20H,10-11H2,1H3,(H,23,24)/t12-,17+,18+,19-,20-/m1/s1. The highest BCUT2D eigenvalue weighted by Crippen LogP contribution is 2.57. The molecule has 5 atom stereocenters. The molecule has 0 unspecified atom stereocenters. The van der Waals surface area contributed by atoms with Crippen LogP contribution in [0, 0.1) is 23.7 Å². The molecular formula is C22H21NO5. The summed E-state index contributed by atoms with van der Waals surface area (Å²) in [7, 11) is 1.62. The molecule has 2 aromatic rings. The van der Waals surface area contributed by atoms with Gasteiger partial charge >= 0.3 is 5.97 Å². The maximum atomic E-state index is 12.8. The average molecular weight is 379 g/mol. The molecule has 1 aliphatic heterocycles. The van der Waals surface area contributed by atoms with Crippen molar-refractivity contribution in [3.8, 4) is 17.2 Å². The average Bonchev–Trinajstić information content (AvgIpc) is 3.33. The molecule has 1 heterocycles. The van der Waals surface area contributed by atoms with Gasteiger partial charge in [-0.3, -0.25) is 9.59 Å². The molecule has 0 radical (unpaired) electrons. The fourth-order valence-corrected chi connectivity index (χ4v) is 4.97. The van der Waals surface area contributed by atoms with E-state index in [1.54, 1.807) is 31.4 Å². The largest absolute Gasteiger partial charge is 0.497 e. The highest BCUT2D eigenvalue weighted by atomic mass is 16.6. The van der Waals surface area contributed by atoms with Gasteiger partial charge in [-0.05, 0) is 67.3 Å². The van der Waals surface area contributed by atoms with Gasteiger partial charge in [-0.15, -0.1) is 0 Å². The van der Waals surface area contributed by atoms with Crippen LogP contribution in [0.2, 0.25) is 0 Å². The number of ether oxygens (including phenoxy) is 3. The van der Waals surface area contributed by atoms with Gasteiger partial charge in [0.25, 0.3) is 0 Å². The summed E-state index contributed by atoms with van der Waals surface area (Å²) in [5.41, 5.74) is 0.692. The lowest BCUT2D eigenvalue weighted by Crippen LogP contribution is -2.35. The summed E-state index contributed by atoms with van der Waals surface area (Å²) in [6, 6.07) is 14.5. The zero-order valence-electron chi connectivity index (χ0n) is 15.5. The molecule has 3 fully saturated rings. The Hall–Kier alpha value is -3.02. The summed E-state index contributed by atoms with van der Waals surface area (Å²) in [6.45, 7) is 0. The zero-order chi connectivity index (χ0) is 19.3. The smallest absolute Gasteiger partial charge is 0.310 e. The molecule has 5 rings (SSSR count). The number of anilines is 1. The third-order valence-corrected chi connectivity index (χ3v) is 6.20. The van der Waals surface area contributed by atoms with Crippen molar-refractivity contribution >= 4 is 17.6 Å². The molecule has 2 bridgehead atoms. The molecule has 28 heavy (non-hydrogen) atoms. The number of carbonyl (C=O) groups excluding carboxylic acids is 2. The van der Waals surface area contributed by atoms with E-state index >= 15 is 0 Å². The quantitative estimate of drug-likeness (QED) is 0.803. The molecule has 0 spiro atoms. The van der Waals surface area contributed by atoms with Crippen molar-refractivity contribution < 1.29 is 23.8 Å². The van der Waals surface area contributed by atoms with Crippen LogP contribution in [-0.2, 0) is 14.3 Å². The van der Waals surface area contributed by atoms with Crippen LogP contribution < -0.4 is 14.8 Å². The summed E-state index contributed by atoms with van der Waals surface area (Å²) in [4.78, 5) is 24.9. The number of hydrogen-bond acceptors (Lipinski definition) is 5. The Morgan fingerprint density at radius 2 is 1.64 bits per heavy atom. The minimum Gasteiger partial charge on any atom is -0.497 e. The lowest BCUT2D eigenvalue weighted by atomic mass is 9.79. The Labute approximate surface area is 162 Å². The predicted molar refractivity (Wildman–Crippen MR) is 101 cm³/mol. The molecule has 6 heteroatoms. The molecule has 3 aliphatic rings. The second kappa shape index (κ2) is 6.55. The van der Waals surface area contributed by atoms with Crippen LogP contribution in [0.25, 0.3) is 0 Å². The Morgan fingerprint density at radius 1 is 1.00 bits per heavy atom. The summed E-state index contributed by atoms with van der Waals surface area (Å²) in [5, 5.41) is 2.96. The molecule has 2 saturated carbocycles. The van der Waals surface area contributed by atoms with Crippen molar-refractivity contribution in [2.75, 3.05) is 12.4 Å². The number of methoxy groups -OCH3 is 1. The number of esters is 1. The first-order valence-corrected chi connectivity index (χ1v) is 9.56. The van der Waals surface area contributed by atoms with Crippen LogP contribution in [0.4, 0.5) is 5.69 Å². The number of fused-ring (bicyclic) bond motifs is 1. The van der Waals surface area contributed by atoms with E-state index in [9.17, 15) is 9.59 Å². The SMILES string of the molecule is COc1ccc(Oc2ccc(NC(=O)[C@@H]3[C@@H]4C[C@@H]5[C@H]3C(=O)O[C@H]5C4)cc2)cc1. The van der Waals surface area contributed by atoms with E-state index in [0.29, 0.717) is 17.2 Å². The zero-order valence-corrected chi connectivity index (χ0v) is 15.5. The highest BCUT2D eigenvalue weighted by Gasteiger charge is 2.63. The van der Waals surface area contributed by atoms with Crippen molar-refractivity contribution in [3.63, 3.8) is 0 Å². The minimum absolute atomic E-state index is 0.0425. The normalized spacial score (nSPS) is 29.5. The Bertz CT molecular complexity index is 906. The maximum absolute atomic E-state index is 12.8. The van der Waals surface area contributed by atoms with Crippen molar-refractivity contribution in [3.05, 3.63) is 48.5 Å². The fraction of sp³-hybridized carbons (Fsp3) is 0.364. The third kappa shape index (κ3) is 2.80. The van der Waals surface area contributed by atoms with Crippen LogP contribution in [0.5, 0.6) is 17.2 Å². The molecule has 1 amide bonds. The summed E-state index contributed by atoms with van der Waals surface area (Å²) in [5.74, 6) is 1.81. The Morgan fingerprint density at radius 3 is 2.32 bits per heavy atom. The van der Waals surface area contributed by atoms with Gasteiger partial charge in [-0.1, -0.05) is 0 Å². The topological polar surface area (TPSA) is 73.9 Å². The van der Waals surface area contributed by atoms with E-state index < -0.39 is 0 Å². The molecule has 2 aliphatic carbocycles. The van der Waals surface area contributed by atoms with Crippen molar-refractivity contribution in [2.24, 2.45) is 23.7 Å². The number of benzene rings is 2. The fourth-order valence-electron chi connectivity index (χ4n) is 4.97. The van der Waals surface area contributed by atoms with E-state index in [4.69, 9.17) is 14.2 Å². The van der Waals surface area contributed by atoms with Gasteiger partial charge in [-0.2, -0.15) is 0 Å². The second-order valence-corrected chi connectivity index (χ2v) is 7.71. The first-order chi connectivity index (χ1) is 13.6. The number of carbonyl (C=O) groups is 2. The third-order valence-electron chi connectivity index (χ3n) is 6.20. The van der Waals surface area contributed by atoms with E-state index in [-0.39, 0.29) is 41.7 Å². The van der Waals surface area contributed by atoms with Crippen molar-refractivity contribution in [1.29, 1.82) is 0 Å². The van der Waals surface area contributed by atoms with Crippen LogP contribution in [0.1, 0.15) is 12.8 Å². The molecular weight excluding hydrogens is 358 g/mol. The number of hydrogen-bond donors (Lipinski definition) is 1. The minimum atomic E-state index is -0.272. The monoisotopic (exact) mass is 379 g/mol. The van der Waals surface area contributed by atoms with Gasteiger partial charge < -0.3 is 19.5 Å². The predicted octanol–water partition coefficient (Wildman–Crippen LogP) is 3.62. The van der Waals surface area contributed by atoms with Crippen molar-refractivity contribution in [1.82, 2.24) is 0 Å². The van der Waals surface area contributed by atoms with Crippen LogP contribution in [-0.4, -0.2) is 25.1 Å². The molecule has 1 N–H and O–H groups in total. The summed E-state index contributed by atoms with van der Waals surface area (Å²) >= 11 is 0. The van der Waals surface area contributed by atoms with E-state index in [1.165, 1.54) is 0 Å². The summed E-state index contributed by atoms with van der Waals surface area (Å²) < 4.78 is 16.3. The highest BCUT2D eigenvalue weighted by molar-refractivity contribution is 5.97. The van der Waals surface area contributed by atoms with E-state index in [0.717, 1.165) is 18.6 Å². The maximum Gasteiger partial charge on any atom is 0.310 e. The molecule has 6 nitrogen and oxygen atoms in total. The second-order valence-electron chi connectivity index (χ2n) is 7.71. The first-order valence-electron chi connectivity index (χ1n) is 9.56. The van der Waals surface area contributed by atoms with Crippen molar-refractivity contribution in [2.45, 2.75) is 18.9 Å².